The van der Waals surface area contributed by atoms with Crippen LogP contribution in [0.1, 0.15) is 31.8 Å². The van der Waals surface area contributed by atoms with Gasteiger partial charge in [-0.1, -0.05) is 130 Å². The number of para-hydroxylation sites is 4. The normalized spacial score (nSPS) is 13.9. The van der Waals surface area contributed by atoms with Gasteiger partial charge in [-0.05, 0) is 100 Å². The Kier molecular flexibility index (Phi) is 7.74. The predicted octanol–water partition coefficient (Wildman–Crippen LogP) is 15.6. The molecule has 0 unspecified atom stereocenters. The molecular formula is C58H44N4O2. The van der Waals surface area contributed by atoms with E-state index in [0.717, 1.165) is 61.7 Å². The number of benzene rings is 8. The van der Waals surface area contributed by atoms with Crippen LogP contribution in [0.3, 0.4) is 0 Å². The lowest BCUT2D eigenvalue weighted by molar-refractivity contribution is 0.483. The van der Waals surface area contributed by atoms with Crippen molar-refractivity contribution in [1.29, 1.82) is 0 Å². The molecule has 6 heteroatoms. The number of rotatable bonds is 1. The molecule has 12 bridgehead atoms. The summed E-state index contributed by atoms with van der Waals surface area (Å²) in [7, 11) is 0. The molecule has 0 saturated carbocycles. The van der Waals surface area contributed by atoms with Gasteiger partial charge in [0.25, 0.3) is 0 Å². The Morgan fingerprint density at radius 2 is 1.16 bits per heavy atom. The first-order valence-corrected chi connectivity index (χ1v) is 21.5. The van der Waals surface area contributed by atoms with Crippen LogP contribution in [0.4, 0.5) is 22.7 Å². The average Bonchev–Trinajstić information content (AvgIpc) is 3.91. The molecule has 0 spiro atoms. The minimum Gasteiger partial charge on any atom is -0.457 e. The van der Waals surface area contributed by atoms with Gasteiger partial charge in [-0.2, -0.15) is 0 Å². The molecule has 0 fully saturated rings. The number of aromatic nitrogens is 2. The van der Waals surface area contributed by atoms with Gasteiger partial charge in [-0.25, -0.2) is 4.98 Å². The average molecular weight is 833 g/mol. The third-order valence-corrected chi connectivity index (χ3v) is 12.3. The van der Waals surface area contributed by atoms with Crippen molar-refractivity contribution < 1.29 is 15.0 Å². The molecule has 10 aromatic rings. The van der Waals surface area contributed by atoms with E-state index < -0.39 is 0 Å². The van der Waals surface area contributed by atoms with Crippen molar-refractivity contribution in [3.8, 4) is 62.2 Å². The maximum Gasteiger partial charge on any atom is 0.137 e. The summed E-state index contributed by atoms with van der Waals surface area (Å²) < 4.78 is 51.0. The van der Waals surface area contributed by atoms with Crippen molar-refractivity contribution in [2.75, 3.05) is 16.5 Å². The van der Waals surface area contributed by atoms with Gasteiger partial charge in [0.1, 0.15) is 35.5 Å². The molecule has 6 nitrogen and oxygen atoms in total. The highest BCUT2D eigenvalue weighted by Crippen LogP contribution is 2.51. The van der Waals surface area contributed by atoms with E-state index in [1.807, 2.05) is 77.5 Å². The summed E-state index contributed by atoms with van der Waals surface area (Å²) in [5.41, 5.74) is 12.0. The number of hydrogen-bond acceptors (Lipinski definition) is 5. The molecule has 2 aromatic heterocycles. The zero-order valence-electron chi connectivity index (χ0n) is 39.6. The SMILES string of the molecule is [2H]c1c([2H])c([2H])c2c(c1[2H])c1ccc3cc1n2-c1cc(C(C)(C)C)c(cn1)-c1ccc(cc1)Oc1cccc(c1)-c1cccc(-c2ccccc2)c1N1CN(c2cccc(c2)O3)c2ccccc21. The molecule has 308 valence electrons. The molecule has 4 aliphatic heterocycles. The van der Waals surface area contributed by atoms with Crippen LogP contribution < -0.4 is 19.3 Å². The van der Waals surface area contributed by atoms with E-state index >= 15 is 0 Å². The lowest BCUT2D eigenvalue weighted by Gasteiger charge is -2.27. The topological polar surface area (TPSA) is 42.8 Å². The van der Waals surface area contributed by atoms with E-state index in [9.17, 15) is 1.37 Å². The molecule has 6 heterocycles. The third kappa shape index (κ3) is 6.37. The molecule has 0 radical (unpaired) electrons. The fraction of sp³-hybridized carbons (Fsp3) is 0.0862. The second-order valence-electron chi connectivity index (χ2n) is 17.4. The highest BCUT2D eigenvalue weighted by atomic mass is 16.5. The van der Waals surface area contributed by atoms with Gasteiger partial charge in [0, 0.05) is 51.5 Å². The van der Waals surface area contributed by atoms with Gasteiger partial charge in [0.2, 0.25) is 0 Å². The zero-order chi connectivity index (χ0) is 46.4. The van der Waals surface area contributed by atoms with E-state index in [1.165, 1.54) is 0 Å². The van der Waals surface area contributed by atoms with Crippen LogP contribution in [-0.2, 0) is 5.41 Å². The van der Waals surface area contributed by atoms with Gasteiger partial charge in [-0.15, -0.1) is 0 Å². The largest absolute Gasteiger partial charge is 0.457 e. The Balaban J connectivity index is 1.09. The van der Waals surface area contributed by atoms with Crippen molar-refractivity contribution in [2.45, 2.75) is 26.2 Å². The van der Waals surface area contributed by atoms with Crippen molar-refractivity contribution in [1.82, 2.24) is 9.55 Å². The molecule has 14 rings (SSSR count). The monoisotopic (exact) mass is 832 g/mol. The maximum absolute atomic E-state index is 9.23. The highest BCUT2D eigenvalue weighted by molar-refractivity contribution is 6.09. The molecule has 8 aromatic carbocycles. The molecule has 0 amide bonds. The second kappa shape index (κ2) is 14.8. The summed E-state index contributed by atoms with van der Waals surface area (Å²) in [6, 6.07) is 56.9. The van der Waals surface area contributed by atoms with Crippen molar-refractivity contribution >= 4 is 44.6 Å². The standard InChI is InChI=1S/C58H44N4O2/c1-58(2,3)51-35-56-59-36-50(51)39-26-28-42(29-27-39)63-43-18-11-16-40(32-43)47-22-13-21-46(38-14-5-4-6-15-38)57(47)61-37-60(53-24-9-10-25-54(53)61)41-17-12-19-44(33-41)64-45-30-31-49-48-20-7-8-23-52(48)62(56)55(49)34-45/h4-36H,37H2,1-3H3/i7D,8D,20D,23D. The number of ether oxygens (including phenoxy) is 2. The Hall–Kier alpha value is -8.09. The smallest absolute Gasteiger partial charge is 0.137 e. The van der Waals surface area contributed by atoms with E-state index in [1.54, 1.807) is 0 Å². The summed E-state index contributed by atoms with van der Waals surface area (Å²) in [4.78, 5) is 9.78. The first kappa shape index (κ1) is 33.5. The van der Waals surface area contributed by atoms with Gasteiger partial charge in [0.15, 0.2) is 0 Å². The number of pyridine rings is 1. The van der Waals surface area contributed by atoms with Crippen LogP contribution >= 0.6 is 0 Å². The van der Waals surface area contributed by atoms with E-state index in [0.29, 0.717) is 57.3 Å². The summed E-state index contributed by atoms with van der Waals surface area (Å²) >= 11 is 0. The van der Waals surface area contributed by atoms with Crippen LogP contribution in [-0.4, -0.2) is 16.2 Å². The number of hydrogen-bond donors (Lipinski definition) is 0. The maximum atomic E-state index is 9.23. The lowest BCUT2D eigenvalue weighted by atomic mass is 9.82. The summed E-state index contributed by atoms with van der Waals surface area (Å²) in [6.07, 6.45) is 1.87. The molecule has 0 atom stereocenters. The highest BCUT2D eigenvalue weighted by Gasteiger charge is 2.32. The van der Waals surface area contributed by atoms with Gasteiger partial charge >= 0.3 is 0 Å². The predicted molar refractivity (Wildman–Crippen MR) is 262 cm³/mol. The van der Waals surface area contributed by atoms with Gasteiger partial charge in [-0.3, -0.25) is 4.57 Å². The van der Waals surface area contributed by atoms with E-state index in [4.69, 9.17) is 18.6 Å². The van der Waals surface area contributed by atoms with Crippen LogP contribution in [0.25, 0.3) is 61.0 Å². The molecule has 0 N–H and O–H groups in total. The Morgan fingerprint density at radius 3 is 1.97 bits per heavy atom. The zero-order valence-corrected chi connectivity index (χ0v) is 35.6. The first-order chi connectivity index (χ1) is 33.0. The number of anilines is 4. The van der Waals surface area contributed by atoms with Crippen LogP contribution in [0.5, 0.6) is 23.0 Å². The lowest BCUT2D eigenvalue weighted by Crippen LogP contribution is -2.25. The van der Waals surface area contributed by atoms with Gasteiger partial charge in [0.05, 0.1) is 33.6 Å². The first-order valence-electron chi connectivity index (χ1n) is 23.5. The number of fused-ring (bicyclic) bond motifs is 5. The fourth-order valence-electron chi connectivity index (χ4n) is 9.38. The van der Waals surface area contributed by atoms with Crippen molar-refractivity contribution in [3.05, 3.63) is 206 Å². The van der Waals surface area contributed by atoms with Crippen LogP contribution in [0.15, 0.2) is 200 Å². The van der Waals surface area contributed by atoms with Crippen molar-refractivity contribution in [2.24, 2.45) is 0 Å². The number of nitrogens with zero attached hydrogens (tertiary/aromatic N) is 4. The quantitative estimate of drug-likeness (QED) is 0.165. The summed E-state index contributed by atoms with van der Waals surface area (Å²) in [5.74, 6) is 3.11. The third-order valence-electron chi connectivity index (χ3n) is 12.3. The summed E-state index contributed by atoms with van der Waals surface area (Å²) in [5, 5.41) is 1.09. The molecule has 4 aliphatic rings. The summed E-state index contributed by atoms with van der Waals surface area (Å²) in [6.45, 7) is 7.01. The van der Waals surface area contributed by atoms with E-state index in [2.05, 4.69) is 134 Å². The fourth-order valence-corrected chi connectivity index (χ4v) is 9.38. The Morgan fingerprint density at radius 1 is 0.516 bits per heavy atom. The second-order valence-corrected chi connectivity index (χ2v) is 17.4. The minimum atomic E-state index is -0.340. The van der Waals surface area contributed by atoms with E-state index in [-0.39, 0.29) is 29.6 Å². The molecule has 0 aliphatic carbocycles. The molecular weight excluding hydrogens is 785 g/mol. The minimum absolute atomic E-state index is 0.106. The van der Waals surface area contributed by atoms with Crippen molar-refractivity contribution in [3.63, 3.8) is 0 Å². The Labute approximate surface area is 378 Å². The molecule has 0 saturated heterocycles. The van der Waals surface area contributed by atoms with Gasteiger partial charge < -0.3 is 19.3 Å². The molecule has 64 heavy (non-hydrogen) atoms. The van der Waals surface area contributed by atoms with Crippen LogP contribution in [0, 0.1) is 0 Å². The Bertz CT molecular complexity index is 3660. The van der Waals surface area contributed by atoms with Crippen LogP contribution in [0.2, 0.25) is 0 Å².